The number of aromatic nitrogens is 1. The average molecular weight is 167 g/mol. The molecular formula is C7H9N3S. The lowest BCUT2D eigenvalue weighted by molar-refractivity contribution is 1.26. The SMILES string of the molecule is N=C(N)CSc1ccncc1. The summed E-state index contributed by atoms with van der Waals surface area (Å²) < 4.78 is 0. The molecule has 0 saturated heterocycles. The number of hydrogen-bond donors (Lipinski definition) is 2. The third kappa shape index (κ3) is 3.04. The summed E-state index contributed by atoms with van der Waals surface area (Å²) in [6, 6.07) is 3.79. The Labute approximate surface area is 69.5 Å². The fourth-order valence-electron chi connectivity index (χ4n) is 0.596. The van der Waals surface area contributed by atoms with E-state index in [1.165, 1.54) is 11.8 Å². The maximum absolute atomic E-state index is 6.98. The van der Waals surface area contributed by atoms with Crippen molar-refractivity contribution < 1.29 is 0 Å². The number of pyridine rings is 1. The van der Waals surface area contributed by atoms with Crippen molar-refractivity contribution in [2.24, 2.45) is 5.73 Å². The first-order valence-electron chi connectivity index (χ1n) is 3.15. The topological polar surface area (TPSA) is 62.8 Å². The van der Waals surface area contributed by atoms with Crippen LogP contribution in [0.5, 0.6) is 0 Å². The van der Waals surface area contributed by atoms with Crippen LogP contribution in [0.3, 0.4) is 0 Å². The van der Waals surface area contributed by atoms with E-state index < -0.39 is 0 Å². The highest BCUT2D eigenvalue weighted by Gasteiger charge is 1.92. The van der Waals surface area contributed by atoms with Crippen molar-refractivity contribution in [3.63, 3.8) is 0 Å². The Balaban J connectivity index is 2.45. The largest absolute Gasteiger partial charge is 0.387 e. The molecule has 58 valence electrons. The highest BCUT2D eigenvalue weighted by atomic mass is 32.2. The second kappa shape index (κ2) is 3.98. The minimum Gasteiger partial charge on any atom is -0.387 e. The van der Waals surface area contributed by atoms with Gasteiger partial charge in [-0.25, -0.2) is 0 Å². The molecule has 0 aliphatic heterocycles. The molecular weight excluding hydrogens is 158 g/mol. The summed E-state index contributed by atoms with van der Waals surface area (Å²) in [6.07, 6.45) is 3.45. The minimum atomic E-state index is 0.201. The van der Waals surface area contributed by atoms with E-state index in [-0.39, 0.29) is 5.84 Å². The zero-order chi connectivity index (χ0) is 8.10. The lowest BCUT2D eigenvalue weighted by Crippen LogP contribution is -2.11. The Morgan fingerprint density at radius 3 is 2.73 bits per heavy atom. The van der Waals surface area contributed by atoms with Gasteiger partial charge in [-0.15, -0.1) is 11.8 Å². The Hall–Kier alpha value is -1.03. The number of thioether (sulfide) groups is 1. The van der Waals surface area contributed by atoms with Gasteiger partial charge < -0.3 is 5.73 Å². The first kappa shape index (κ1) is 8.07. The van der Waals surface area contributed by atoms with Gasteiger partial charge in [-0.3, -0.25) is 10.4 Å². The van der Waals surface area contributed by atoms with Crippen LogP contribution in [-0.4, -0.2) is 16.6 Å². The third-order valence-corrected chi connectivity index (χ3v) is 2.10. The van der Waals surface area contributed by atoms with E-state index >= 15 is 0 Å². The standard InChI is InChI=1S/C7H9N3S/c8-7(9)5-11-6-1-3-10-4-2-6/h1-4H,5H2,(H3,8,9). The van der Waals surface area contributed by atoms with Crippen LogP contribution in [0.15, 0.2) is 29.4 Å². The van der Waals surface area contributed by atoms with Crippen LogP contribution in [0.4, 0.5) is 0 Å². The zero-order valence-corrected chi connectivity index (χ0v) is 6.77. The molecule has 0 fully saturated rings. The number of amidine groups is 1. The average Bonchev–Trinajstić information content (AvgIpc) is 2.03. The molecule has 0 aliphatic carbocycles. The van der Waals surface area contributed by atoms with Crippen molar-refractivity contribution in [1.29, 1.82) is 5.41 Å². The number of nitrogens with two attached hydrogens (primary N) is 1. The van der Waals surface area contributed by atoms with E-state index in [4.69, 9.17) is 11.1 Å². The van der Waals surface area contributed by atoms with E-state index in [0.29, 0.717) is 5.75 Å². The normalized spacial score (nSPS) is 9.45. The lowest BCUT2D eigenvalue weighted by atomic mass is 10.5. The van der Waals surface area contributed by atoms with Crippen LogP contribution in [0.25, 0.3) is 0 Å². The monoisotopic (exact) mass is 167 g/mol. The molecule has 0 bridgehead atoms. The molecule has 0 amide bonds. The molecule has 0 atom stereocenters. The fraction of sp³-hybridized carbons (Fsp3) is 0.143. The Morgan fingerprint density at radius 1 is 1.55 bits per heavy atom. The van der Waals surface area contributed by atoms with E-state index in [0.717, 1.165) is 4.90 Å². The molecule has 0 unspecified atom stereocenters. The van der Waals surface area contributed by atoms with Crippen molar-refractivity contribution in [3.05, 3.63) is 24.5 Å². The maximum Gasteiger partial charge on any atom is 0.101 e. The summed E-state index contributed by atoms with van der Waals surface area (Å²) in [7, 11) is 0. The number of nitrogens with one attached hydrogen (secondary N) is 1. The van der Waals surface area contributed by atoms with Crippen LogP contribution in [0.2, 0.25) is 0 Å². The van der Waals surface area contributed by atoms with Gasteiger partial charge >= 0.3 is 0 Å². The predicted molar refractivity (Wildman–Crippen MR) is 46.9 cm³/mol. The van der Waals surface area contributed by atoms with Gasteiger partial charge in [0.15, 0.2) is 0 Å². The second-order valence-corrected chi connectivity index (χ2v) is 3.05. The summed E-state index contributed by atoms with van der Waals surface area (Å²) in [5.74, 6) is 0.746. The highest BCUT2D eigenvalue weighted by Crippen LogP contribution is 2.14. The molecule has 4 heteroatoms. The van der Waals surface area contributed by atoms with Crippen LogP contribution >= 0.6 is 11.8 Å². The molecule has 0 radical (unpaired) electrons. The van der Waals surface area contributed by atoms with Gasteiger partial charge in [0.2, 0.25) is 0 Å². The van der Waals surface area contributed by atoms with Crippen molar-refractivity contribution in [2.45, 2.75) is 4.90 Å². The quantitative estimate of drug-likeness (QED) is 0.402. The summed E-state index contributed by atoms with van der Waals surface area (Å²) in [5.41, 5.74) is 5.19. The van der Waals surface area contributed by atoms with Gasteiger partial charge in [0.05, 0.1) is 5.75 Å². The van der Waals surface area contributed by atoms with E-state index in [1.807, 2.05) is 12.1 Å². The highest BCUT2D eigenvalue weighted by molar-refractivity contribution is 8.00. The molecule has 0 aliphatic rings. The van der Waals surface area contributed by atoms with Crippen LogP contribution in [0, 0.1) is 5.41 Å². The smallest absolute Gasteiger partial charge is 0.101 e. The summed E-state index contributed by atoms with van der Waals surface area (Å²) in [6.45, 7) is 0. The van der Waals surface area contributed by atoms with E-state index in [9.17, 15) is 0 Å². The number of nitrogens with zero attached hydrogens (tertiary/aromatic N) is 1. The van der Waals surface area contributed by atoms with Gasteiger partial charge in [0.25, 0.3) is 0 Å². The van der Waals surface area contributed by atoms with Crippen molar-refractivity contribution >= 4 is 17.6 Å². The number of rotatable bonds is 3. The van der Waals surface area contributed by atoms with Gasteiger partial charge in [0, 0.05) is 17.3 Å². The van der Waals surface area contributed by atoms with Gasteiger partial charge in [0.1, 0.15) is 5.84 Å². The van der Waals surface area contributed by atoms with Gasteiger partial charge in [-0.05, 0) is 12.1 Å². The molecule has 11 heavy (non-hydrogen) atoms. The molecule has 1 aromatic heterocycles. The first-order chi connectivity index (χ1) is 5.29. The fourth-order valence-corrected chi connectivity index (χ4v) is 1.23. The molecule has 0 saturated carbocycles. The van der Waals surface area contributed by atoms with Gasteiger partial charge in [-0.1, -0.05) is 0 Å². The summed E-state index contributed by atoms with van der Waals surface area (Å²) in [5, 5.41) is 6.98. The lowest BCUT2D eigenvalue weighted by Gasteiger charge is -1.97. The van der Waals surface area contributed by atoms with E-state index in [1.54, 1.807) is 12.4 Å². The van der Waals surface area contributed by atoms with Crippen LogP contribution < -0.4 is 5.73 Å². The Morgan fingerprint density at radius 2 is 2.18 bits per heavy atom. The Kier molecular flexibility index (Phi) is 2.92. The molecule has 3 nitrogen and oxygen atoms in total. The first-order valence-corrected chi connectivity index (χ1v) is 4.13. The molecule has 3 N–H and O–H groups in total. The zero-order valence-electron chi connectivity index (χ0n) is 5.95. The molecule has 0 spiro atoms. The predicted octanol–water partition coefficient (Wildman–Crippen LogP) is 1.11. The van der Waals surface area contributed by atoms with Gasteiger partial charge in [-0.2, -0.15) is 0 Å². The number of hydrogen-bond acceptors (Lipinski definition) is 3. The maximum atomic E-state index is 6.98. The summed E-state index contributed by atoms with van der Waals surface area (Å²) in [4.78, 5) is 4.97. The van der Waals surface area contributed by atoms with Crippen LogP contribution in [-0.2, 0) is 0 Å². The minimum absolute atomic E-state index is 0.201. The third-order valence-electron chi connectivity index (χ3n) is 1.04. The van der Waals surface area contributed by atoms with Crippen molar-refractivity contribution in [1.82, 2.24) is 4.98 Å². The van der Waals surface area contributed by atoms with Crippen molar-refractivity contribution in [3.8, 4) is 0 Å². The second-order valence-electron chi connectivity index (χ2n) is 2.00. The molecule has 1 heterocycles. The Bertz CT molecular complexity index is 235. The van der Waals surface area contributed by atoms with Crippen molar-refractivity contribution in [2.75, 3.05) is 5.75 Å². The van der Waals surface area contributed by atoms with E-state index in [2.05, 4.69) is 4.98 Å². The molecule has 1 aromatic rings. The van der Waals surface area contributed by atoms with Crippen LogP contribution in [0.1, 0.15) is 0 Å². The molecule has 1 rings (SSSR count). The summed E-state index contributed by atoms with van der Waals surface area (Å²) >= 11 is 1.54. The molecule has 0 aromatic carbocycles.